The molecule has 5 nitrogen and oxygen atoms in total. The van der Waals surface area contributed by atoms with E-state index >= 15 is 0 Å². The molecule has 2 rings (SSSR count). The molecule has 0 radical (unpaired) electrons. The number of carbonyl (C=O) groups excluding carboxylic acids is 1. The lowest BCUT2D eigenvalue weighted by Gasteiger charge is -2.24. The summed E-state index contributed by atoms with van der Waals surface area (Å²) < 4.78 is 0. The highest BCUT2D eigenvalue weighted by Crippen LogP contribution is 2.27. The Bertz CT molecular complexity index is 429. The second-order valence-electron chi connectivity index (χ2n) is 4.96. The van der Waals surface area contributed by atoms with Crippen molar-refractivity contribution >= 4 is 5.91 Å². The molecule has 4 N–H and O–H groups in total. The van der Waals surface area contributed by atoms with Crippen molar-refractivity contribution < 1.29 is 15.0 Å². The maximum absolute atomic E-state index is 12.2. The van der Waals surface area contributed by atoms with Crippen LogP contribution in [0.4, 0.5) is 0 Å². The van der Waals surface area contributed by atoms with Gasteiger partial charge in [0, 0.05) is 12.6 Å². The SMILES string of the molecule is N[C@@H](Cc1ccc(O)cc1)C(=O)N(CCO)C1CC1. The summed E-state index contributed by atoms with van der Waals surface area (Å²) in [5.74, 6) is 0.0909. The molecule has 1 amide bonds. The molecule has 0 saturated heterocycles. The second kappa shape index (κ2) is 6.04. The van der Waals surface area contributed by atoms with E-state index in [2.05, 4.69) is 0 Å². The minimum Gasteiger partial charge on any atom is -0.508 e. The van der Waals surface area contributed by atoms with Crippen molar-refractivity contribution in [2.24, 2.45) is 5.73 Å². The molecule has 0 spiro atoms. The first-order chi connectivity index (χ1) is 9.11. The van der Waals surface area contributed by atoms with Crippen LogP contribution in [0.3, 0.4) is 0 Å². The Morgan fingerprint density at radius 1 is 1.37 bits per heavy atom. The Hall–Kier alpha value is -1.59. The van der Waals surface area contributed by atoms with E-state index in [1.807, 2.05) is 0 Å². The van der Waals surface area contributed by atoms with Gasteiger partial charge in [-0.05, 0) is 37.0 Å². The van der Waals surface area contributed by atoms with Gasteiger partial charge >= 0.3 is 0 Å². The number of aliphatic hydroxyl groups is 1. The lowest BCUT2D eigenvalue weighted by Crippen LogP contribution is -2.47. The monoisotopic (exact) mass is 264 g/mol. The first-order valence-corrected chi connectivity index (χ1v) is 6.56. The van der Waals surface area contributed by atoms with E-state index in [4.69, 9.17) is 10.8 Å². The topological polar surface area (TPSA) is 86.8 Å². The molecule has 19 heavy (non-hydrogen) atoms. The Kier molecular flexibility index (Phi) is 4.39. The standard InChI is InChI=1S/C14H20N2O3/c15-13(9-10-1-5-12(18)6-2-10)14(19)16(7-8-17)11-3-4-11/h1-2,5-6,11,13,17-18H,3-4,7-9,15H2/t13-/m0/s1. The van der Waals surface area contributed by atoms with E-state index in [1.165, 1.54) is 0 Å². The molecule has 0 bridgehead atoms. The molecule has 104 valence electrons. The molecule has 1 atom stereocenters. The molecule has 5 heteroatoms. The van der Waals surface area contributed by atoms with Crippen LogP contribution in [0.15, 0.2) is 24.3 Å². The highest BCUT2D eigenvalue weighted by molar-refractivity contribution is 5.82. The number of carbonyl (C=O) groups is 1. The van der Waals surface area contributed by atoms with Gasteiger partial charge in [0.2, 0.25) is 5.91 Å². The molecule has 1 aromatic rings. The highest BCUT2D eigenvalue weighted by Gasteiger charge is 2.34. The zero-order chi connectivity index (χ0) is 13.8. The lowest BCUT2D eigenvalue weighted by atomic mass is 10.1. The van der Waals surface area contributed by atoms with Crippen molar-refractivity contribution in [3.63, 3.8) is 0 Å². The van der Waals surface area contributed by atoms with Crippen LogP contribution in [-0.4, -0.2) is 46.3 Å². The van der Waals surface area contributed by atoms with E-state index in [1.54, 1.807) is 29.2 Å². The molecule has 1 fully saturated rings. The van der Waals surface area contributed by atoms with Gasteiger partial charge in [-0.25, -0.2) is 0 Å². The minimum atomic E-state index is -0.600. The maximum Gasteiger partial charge on any atom is 0.240 e. The van der Waals surface area contributed by atoms with Gasteiger partial charge in [0.1, 0.15) is 5.75 Å². The average Bonchev–Trinajstić information content (AvgIpc) is 3.22. The molecule has 1 aliphatic rings. The molecular formula is C14H20N2O3. The van der Waals surface area contributed by atoms with Crippen LogP contribution in [-0.2, 0) is 11.2 Å². The van der Waals surface area contributed by atoms with Gasteiger partial charge in [0.15, 0.2) is 0 Å². The number of nitrogens with zero attached hydrogens (tertiary/aromatic N) is 1. The molecule has 1 saturated carbocycles. The normalized spacial score (nSPS) is 16.1. The summed E-state index contributed by atoms with van der Waals surface area (Å²) in [6, 6.07) is 6.34. The minimum absolute atomic E-state index is 0.0336. The van der Waals surface area contributed by atoms with Gasteiger partial charge < -0.3 is 20.8 Å². The van der Waals surface area contributed by atoms with Crippen molar-refractivity contribution in [1.82, 2.24) is 4.90 Å². The number of nitrogens with two attached hydrogens (primary N) is 1. The predicted molar refractivity (Wildman–Crippen MR) is 71.6 cm³/mol. The largest absolute Gasteiger partial charge is 0.508 e. The van der Waals surface area contributed by atoms with E-state index in [-0.39, 0.29) is 24.3 Å². The predicted octanol–water partition coefficient (Wildman–Crippen LogP) is 0.245. The zero-order valence-corrected chi connectivity index (χ0v) is 10.8. The summed E-state index contributed by atoms with van der Waals surface area (Å²) in [6.45, 7) is 0.320. The van der Waals surface area contributed by atoms with Crippen molar-refractivity contribution in [2.75, 3.05) is 13.2 Å². The van der Waals surface area contributed by atoms with Gasteiger partial charge in [0.05, 0.1) is 12.6 Å². The summed E-state index contributed by atoms with van der Waals surface area (Å²) in [6.07, 6.45) is 2.43. The van der Waals surface area contributed by atoms with Crippen molar-refractivity contribution in [3.05, 3.63) is 29.8 Å². The quantitative estimate of drug-likeness (QED) is 0.687. The van der Waals surface area contributed by atoms with Gasteiger partial charge in [-0.2, -0.15) is 0 Å². The van der Waals surface area contributed by atoms with Crippen LogP contribution < -0.4 is 5.73 Å². The fourth-order valence-corrected chi connectivity index (χ4v) is 2.15. The van der Waals surface area contributed by atoms with Gasteiger partial charge in [-0.3, -0.25) is 4.79 Å². The number of phenols is 1. The number of aromatic hydroxyl groups is 1. The molecule has 0 aromatic heterocycles. The van der Waals surface area contributed by atoms with Crippen LogP contribution in [0.2, 0.25) is 0 Å². The molecule has 1 aliphatic carbocycles. The Balaban J connectivity index is 1.95. The third kappa shape index (κ3) is 3.68. The Labute approximate surface area is 112 Å². The summed E-state index contributed by atoms with van der Waals surface area (Å²) in [5.41, 5.74) is 6.86. The molecule has 0 heterocycles. The smallest absolute Gasteiger partial charge is 0.240 e. The molecule has 0 unspecified atom stereocenters. The second-order valence-corrected chi connectivity index (χ2v) is 4.96. The number of rotatable bonds is 6. The number of benzene rings is 1. The summed E-state index contributed by atoms with van der Waals surface area (Å²) in [4.78, 5) is 13.9. The van der Waals surface area contributed by atoms with Crippen LogP contribution >= 0.6 is 0 Å². The average molecular weight is 264 g/mol. The number of phenolic OH excluding ortho intramolecular Hbond substituents is 1. The van der Waals surface area contributed by atoms with E-state index < -0.39 is 6.04 Å². The number of aliphatic hydroxyl groups excluding tert-OH is 1. The van der Waals surface area contributed by atoms with Crippen molar-refractivity contribution in [2.45, 2.75) is 31.3 Å². The van der Waals surface area contributed by atoms with Gasteiger partial charge in [-0.15, -0.1) is 0 Å². The Morgan fingerprint density at radius 3 is 2.53 bits per heavy atom. The third-order valence-corrected chi connectivity index (χ3v) is 3.32. The van der Waals surface area contributed by atoms with Gasteiger partial charge in [-0.1, -0.05) is 12.1 Å². The number of hydrogen-bond donors (Lipinski definition) is 3. The van der Waals surface area contributed by atoms with Crippen LogP contribution in [0.1, 0.15) is 18.4 Å². The Morgan fingerprint density at radius 2 is 2.00 bits per heavy atom. The number of amides is 1. The molecular weight excluding hydrogens is 244 g/mol. The third-order valence-electron chi connectivity index (χ3n) is 3.32. The van der Waals surface area contributed by atoms with Crippen molar-refractivity contribution in [3.8, 4) is 5.75 Å². The fourth-order valence-electron chi connectivity index (χ4n) is 2.15. The van der Waals surface area contributed by atoms with Gasteiger partial charge in [0.25, 0.3) is 0 Å². The summed E-state index contributed by atoms with van der Waals surface area (Å²) in [7, 11) is 0. The number of hydrogen-bond acceptors (Lipinski definition) is 4. The molecule has 0 aliphatic heterocycles. The summed E-state index contributed by atoms with van der Waals surface area (Å²) in [5, 5.41) is 18.2. The maximum atomic E-state index is 12.2. The van der Waals surface area contributed by atoms with E-state index in [0.717, 1.165) is 18.4 Å². The van der Waals surface area contributed by atoms with Crippen molar-refractivity contribution in [1.29, 1.82) is 0 Å². The first kappa shape index (κ1) is 13.8. The highest BCUT2D eigenvalue weighted by atomic mass is 16.3. The van der Waals surface area contributed by atoms with E-state index in [9.17, 15) is 9.90 Å². The fraction of sp³-hybridized carbons (Fsp3) is 0.500. The lowest BCUT2D eigenvalue weighted by molar-refractivity contribution is -0.133. The van der Waals surface area contributed by atoms with Crippen LogP contribution in [0.25, 0.3) is 0 Å². The summed E-state index contributed by atoms with van der Waals surface area (Å²) >= 11 is 0. The van der Waals surface area contributed by atoms with Crippen LogP contribution in [0.5, 0.6) is 5.75 Å². The molecule has 1 aromatic carbocycles. The van der Waals surface area contributed by atoms with Crippen LogP contribution in [0, 0.1) is 0 Å². The first-order valence-electron chi connectivity index (χ1n) is 6.56. The van der Waals surface area contributed by atoms with E-state index in [0.29, 0.717) is 13.0 Å². The zero-order valence-electron chi connectivity index (χ0n) is 10.8.